The fourth-order valence-corrected chi connectivity index (χ4v) is 7.78. The molecule has 3 aromatic carbocycles. The van der Waals surface area contributed by atoms with E-state index in [-0.39, 0.29) is 5.54 Å². The van der Waals surface area contributed by atoms with Crippen LogP contribution in [0.5, 0.6) is 0 Å². The van der Waals surface area contributed by atoms with Gasteiger partial charge in [0.05, 0.1) is 16.3 Å². The lowest BCUT2D eigenvalue weighted by Crippen LogP contribution is -2.38. The first kappa shape index (κ1) is 27.6. The summed E-state index contributed by atoms with van der Waals surface area (Å²) in [5.74, 6) is 0.521. The van der Waals surface area contributed by atoms with Gasteiger partial charge in [-0.25, -0.2) is 13.4 Å². The molecule has 0 atom stereocenters. The highest BCUT2D eigenvalue weighted by Gasteiger charge is 2.29. The van der Waals surface area contributed by atoms with Crippen LogP contribution < -0.4 is 4.80 Å². The maximum atomic E-state index is 13.5. The number of benzene rings is 3. The normalized spacial score (nSPS) is 16.1. The van der Waals surface area contributed by atoms with Crippen LogP contribution in [-0.2, 0) is 22.0 Å². The van der Waals surface area contributed by atoms with Crippen LogP contribution in [0.4, 0.5) is 5.69 Å². The van der Waals surface area contributed by atoms with Crippen molar-refractivity contribution in [3.63, 3.8) is 0 Å². The van der Waals surface area contributed by atoms with E-state index < -0.39 is 10.0 Å². The second kappa shape index (κ2) is 11.2. The Balaban J connectivity index is 1.35. The van der Waals surface area contributed by atoms with Gasteiger partial charge in [0.15, 0.2) is 4.80 Å². The summed E-state index contributed by atoms with van der Waals surface area (Å²) >= 11 is 1.60. The van der Waals surface area contributed by atoms with E-state index in [2.05, 4.69) is 74.0 Å². The van der Waals surface area contributed by atoms with Crippen LogP contribution in [0, 0.1) is 12.8 Å². The Hall–Kier alpha value is -3.00. The number of piperidine rings is 1. The van der Waals surface area contributed by atoms with Crippen LogP contribution >= 0.6 is 11.3 Å². The van der Waals surface area contributed by atoms with Gasteiger partial charge in [0, 0.05) is 24.0 Å². The molecule has 0 N–H and O–H groups in total. The number of aromatic nitrogens is 1. The molecule has 1 aliphatic rings. The van der Waals surface area contributed by atoms with Gasteiger partial charge in [-0.1, -0.05) is 60.2 Å². The number of thiazole rings is 1. The second-order valence-electron chi connectivity index (χ2n) is 11.4. The summed E-state index contributed by atoms with van der Waals surface area (Å²) in [7, 11) is -3.52. The predicted molar refractivity (Wildman–Crippen MR) is 161 cm³/mol. The smallest absolute Gasteiger partial charge is 0.243 e. The van der Waals surface area contributed by atoms with E-state index in [1.165, 1.54) is 11.1 Å². The summed E-state index contributed by atoms with van der Waals surface area (Å²) in [6, 6.07) is 26.0. The monoisotopic (exact) mass is 559 g/mol. The van der Waals surface area contributed by atoms with Gasteiger partial charge in [-0.15, -0.1) is 11.3 Å². The first-order valence-corrected chi connectivity index (χ1v) is 15.9. The van der Waals surface area contributed by atoms with Crippen molar-refractivity contribution < 1.29 is 8.42 Å². The average molecular weight is 560 g/mol. The molecule has 0 spiro atoms. The average Bonchev–Trinajstić information content (AvgIpc) is 3.35. The Morgan fingerprint density at radius 3 is 2.15 bits per heavy atom. The molecular formula is C32H37N3O2S2. The molecule has 1 saturated heterocycles. The molecule has 7 heteroatoms. The molecule has 1 aromatic heterocycles. The van der Waals surface area contributed by atoms with Gasteiger partial charge in [-0.05, 0) is 88.3 Å². The molecule has 0 unspecified atom stereocenters. The third kappa shape index (κ3) is 6.26. The summed E-state index contributed by atoms with van der Waals surface area (Å²) in [6.07, 6.45) is 2.79. The summed E-state index contributed by atoms with van der Waals surface area (Å²) in [4.78, 5) is 6.19. The Bertz CT molecular complexity index is 1570. The summed E-state index contributed by atoms with van der Waals surface area (Å²) in [6.45, 7) is 9.70. The minimum atomic E-state index is -3.52. The summed E-state index contributed by atoms with van der Waals surface area (Å²) in [5.41, 5.74) is 5.26. The SMILES string of the molecule is Cc1ccc(N=c2scc(-c3ccc(S(=O)(=O)N4CCC(Cc5ccccc5)CC4)cc3)n2C(C)(C)C)cc1. The van der Waals surface area contributed by atoms with Crippen molar-refractivity contribution in [3.05, 3.63) is 100 Å². The molecule has 4 aromatic rings. The highest BCUT2D eigenvalue weighted by atomic mass is 32.2. The van der Waals surface area contributed by atoms with Gasteiger partial charge >= 0.3 is 0 Å². The second-order valence-corrected chi connectivity index (χ2v) is 14.2. The standard InChI is InChI=1S/C32H37N3O2S2/c1-24-10-14-28(15-11-24)33-31-35(32(2,3)4)30(23-38-31)27-12-16-29(17-13-27)39(36,37)34-20-18-26(19-21-34)22-25-8-6-5-7-9-25/h5-17,23,26H,18-22H2,1-4H3. The molecule has 5 rings (SSSR count). The van der Waals surface area contributed by atoms with Gasteiger partial charge in [0.25, 0.3) is 0 Å². The van der Waals surface area contributed by atoms with Crippen molar-refractivity contribution in [1.29, 1.82) is 0 Å². The molecule has 0 amide bonds. The van der Waals surface area contributed by atoms with Crippen LogP contribution in [-0.4, -0.2) is 30.4 Å². The fourth-order valence-electron chi connectivity index (χ4n) is 5.22. The Morgan fingerprint density at radius 1 is 0.897 bits per heavy atom. The summed E-state index contributed by atoms with van der Waals surface area (Å²) < 4.78 is 30.8. The minimum Gasteiger partial charge on any atom is -0.311 e. The molecule has 2 heterocycles. The molecule has 0 saturated carbocycles. The van der Waals surface area contributed by atoms with Crippen LogP contribution in [0.15, 0.2) is 94.1 Å². The van der Waals surface area contributed by atoms with Crippen molar-refractivity contribution in [3.8, 4) is 11.3 Å². The fraction of sp³-hybridized carbons (Fsp3) is 0.344. The number of hydrogen-bond acceptors (Lipinski definition) is 4. The van der Waals surface area contributed by atoms with Crippen LogP contribution in [0.2, 0.25) is 0 Å². The molecule has 39 heavy (non-hydrogen) atoms. The van der Waals surface area contributed by atoms with Crippen LogP contribution in [0.3, 0.4) is 0 Å². The van der Waals surface area contributed by atoms with E-state index in [0.717, 1.165) is 41.0 Å². The van der Waals surface area contributed by atoms with Crippen molar-refractivity contribution >= 4 is 27.0 Å². The largest absolute Gasteiger partial charge is 0.311 e. The molecule has 5 nitrogen and oxygen atoms in total. The molecule has 0 bridgehead atoms. The maximum absolute atomic E-state index is 13.5. The maximum Gasteiger partial charge on any atom is 0.243 e. The van der Waals surface area contributed by atoms with E-state index in [1.54, 1.807) is 27.8 Å². The number of rotatable bonds is 6. The number of hydrogen-bond donors (Lipinski definition) is 0. The van der Waals surface area contributed by atoms with Gasteiger partial charge in [0.1, 0.15) is 0 Å². The van der Waals surface area contributed by atoms with Gasteiger partial charge in [-0.3, -0.25) is 0 Å². The van der Waals surface area contributed by atoms with E-state index in [9.17, 15) is 8.42 Å². The molecule has 0 radical (unpaired) electrons. The van der Waals surface area contributed by atoms with Crippen molar-refractivity contribution in [2.45, 2.75) is 57.4 Å². The molecular weight excluding hydrogens is 523 g/mol. The molecule has 1 fully saturated rings. The van der Waals surface area contributed by atoms with Crippen molar-refractivity contribution in [2.24, 2.45) is 10.9 Å². The van der Waals surface area contributed by atoms with Gasteiger partial charge in [-0.2, -0.15) is 4.31 Å². The Labute approximate surface area is 236 Å². The Morgan fingerprint density at radius 2 is 1.54 bits per heavy atom. The van der Waals surface area contributed by atoms with E-state index in [4.69, 9.17) is 4.99 Å². The third-order valence-corrected chi connectivity index (χ3v) is 10.1. The topological polar surface area (TPSA) is 54.7 Å². The lowest BCUT2D eigenvalue weighted by Gasteiger charge is -2.31. The Kier molecular flexibility index (Phi) is 7.94. The van der Waals surface area contributed by atoms with E-state index in [1.807, 2.05) is 30.3 Å². The van der Waals surface area contributed by atoms with Crippen molar-refractivity contribution in [1.82, 2.24) is 8.87 Å². The van der Waals surface area contributed by atoms with Gasteiger partial charge in [0.2, 0.25) is 10.0 Å². The molecule has 1 aliphatic heterocycles. The molecule has 0 aliphatic carbocycles. The number of aryl methyl sites for hydroxylation is 1. The third-order valence-electron chi connectivity index (χ3n) is 7.37. The lowest BCUT2D eigenvalue weighted by atomic mass is 9.91. The first-order valence-electron chi connectivity index (χ1n) is 13.6. The predicted octanol–water partition coefficient (Wildman–Crippen LogP) is 7.16. The lowest BCUT2D eigenvalue weighted by molar-refractivity contribution is 0.273. The minimum absolute atomic E-state index is 0.201. The van der Waals surface area contributed by atoms with Crippen LogP contribution in [0.1, 0.15) is 44.7 Å². The highest BCUT2D eigenvalue weighted by molar-refractivity contribution is 7.89. The highest BCUT2D eigenvalue weighted by Crippen LogP contribution is 2.30. The van der Waals surface area contributed by atoms with Crippen molar-refractivity contribution in [2.75, 3.05) is 13.1 Å². The molecule has 204 valence electrons. The van der Waals surface area contributed by atoms with E-state index in [0.29, 0.717) is 23.9 Å². The zero-order chi connectivity index (χ0) is 27.6. The quantitative estimate of drug-likeness (QED) is 0.252. The van der Waals surface area contributed by atoms with E-state index >= 15 is 0 Å². The summed E-state index contributed by atoms with van der Waals surface area (Å²) in [5, 5.41) is 2.11. The zero-order valence-electron chi connectivity index (χ0n) is 23.2. The number of nitrogens with zero attached hydrogens (tertiary/aromatic N) is 3. The zero-order valence-corrected chi connectivity index (χ0v) is 24.8. The number of sulfonamides is 1. The first-order chi connectivity index (χ1) is 18.6. The van der Waals surface area contributed by atoms with Crippen LogP contribution in [0.25, 0.3) is 11.3 Å². The van der Waals surface area contributed by atoms with Gasteiger partial charge < -0.3 is 4.57 Å².